The summed E-state index contributed by atoms with van der Waals surface area (Å²) in [6.45, 7) is 10.00. The number of hydrogen-bond donors (Lipinski definition) is 1. The van der Waals surface area contributed by atoms with Gasteiger partial charge in [-0.25, -0.2) is 4.98 Å². The predicted octanol–water partition coefficient (Wildman–Crippen LogP) is 5.07. The summed E-state index contributed by atoms with van der Waals surface area (Å²) in [5.41, 5.74) is 1.95. The molecule has 0 saturated carbocycles. The highest BCUT2D eigenvalue weighted by molar-refractivity contribution is 5.92. The van der Waals surface area contributed by atoms with E-state index in [9.17, 15) is 14.4 Å². The van der Waals surface area contributed by atoms with Gasteiger partial charge in [-0.1, -0.05) is 51.1 Å². The van der Waals surface area contributed by atoms with Crippen molar-refractivity contribution in [2.24, 2.45) is 11.3 Å². The minimum atomic E-state index is -0.694. The van der Waals surface area contributed by atoms with E-state index in [1.165, 1.54) is 0 Å². The van der Waals surface area contributed by atoms with Crippen molar-refractivity contribution in [1.29, 1.82) is 0 Å². The Hall–Kier alpha value is -4.14. The number of ether oxygens (including phenoxy) is 2. The smallest absolute Gasteiger partial charge is 0.242 e. The molecule has 2 aliphatic heterocycles. The molecule has 0 aliphatic carbocycles. The zero-order valence-electron chi connectivity index (χ0n) is 26.5. The van der Waals surface area contributed by atoms with E-state index in [0.29, 0.717) is 24.5 Å². The zero-order valence-corrected chi connectivity index (χ0v) is 26.5. The van der Waals surface area contributed by atoms with Gasteiger partial charge < -0.3 is 24.6 Å². The monoisotopic (exact) mass is 600 g/mol. The maximum absolute atomic E-state index is 14.3. The average molecular weight is 601 g/mol. The Bertz CT molecular complexity index is 1500. The van der Waals surface area contributed by atoms with Gasteiger partial charge >= 0.3 is 0 Å². The number of benzene rings is 2. The summed E-state index contributed by atoms with van der Waals surface area (Å²) < 4.78 is 12.1. The molecule has 9 heteroatoms. The molecule has 3 heterocycles. The molecular formula is C35H44N4O5. The van der Waals surface area contributed by atoms with Crippen LogP contribution in [-0.2, 0) is 14.4 Å². The molecule has 1 N–H and O–H groups in total. The summed E-state index contributed by atoms with van der Waals surface area (Å²) >= 11 is 0. The molecule has 0 radical (unpaired) electrons. The van der Waals surface area contributed by atoms with Gasteiger partial charge in [0.15, 0.2) is 0 Å². The number of nitrogens with zero attached hydrogens (tertiary/aromatic N) is 3. The summed E-state index contributed by atoms with van der Waals surface area (Å²) in [5.74, 6) is 0.366. The molecular weight excluding hydrogens is 556 g/mol. The molecule has 234 valence electrons. The Balaban J connectivity index is 1.46. The van der Waals surface area contributed by atoms with Crippen molar-refractivity contribution in [3.05, 3.63) is 54.6 Å². The van der Waals surface area contributed by atoms with Crippen LogP contribution in [0.1, 0.15) is 53.4 Å². The number of rotatable bonds is 9. The van der Waals surface area contributed by atoms with Crippen LogP contribution in [0.25, 0.3) is 22.2 Å². The van der Waals surface area contributed by atoms with Crippen molar-refractivity contribution in [1.82, 2.24) is 20.1 Å². The van der Waals surface area contributed by atoms with Gasteiger partial charge in [0.1, 0.15) is 23.6 Å². The first-order valence-electron chi connectivity index (χ1n) is 15.7. The normalized spacial score (nSPS) is 19.2. The Labute approximate surface area is 259 Å². The van der Waals surface area contributed by atoms with Gasteiger partial charge in [-0.15, -0.1) is 0 Å². The van der Waals surface area contributed by atoms with Crippen LogP contribution >= 0.6 is 0 Å². The van der Waals surface area contributed by atoms with Crippen molar-refractivity contribution in [3.8, 4) is 22.8 Å². The molecule has 2 fully saturated rings. The molecule has 3 amide bonds. The molecule has 0 bridgehead atoms. The fraction of sp³-hybridized carbons (Fsp3) is 0.486. The minimum absolute atomic E-state index is 0.00413. The van der Waals surface area contributed by atoms with E-state index in [-0.39, 0.29) is 30.7 Å². The first-order chi connectivity index (χ1) is 21.1. The van der Waals surface area contributed by atoms with Gasteiger partial charge in [0.25, 0.3) is 0 Å². The van der Waals surface area contributed by atoms with Crippen molar-refractivity contribution in [2.75, 3.05) is 33.3 Å². The molecule has 1 aromatic heterocycles. The molecule has 0 spiro atoms. The Morgan fingerprint density at radius 2 is 1.77 bits per heavy atom. The number of likely N-dealkylation sites (N-methyl/N-ethyl adjacent to an activating group) is 1. The fourth-order valence-corrected chi connectivity index (χ4v) is 6.24. The van der Waals surface area contributed by atoms with Crippen LogP contribution in [0.5, 0.6) is 11.5 Å². The van der Waals surface area contributed by atoms with Crippen LogP contribution in [0.4, 0.5) is 0 Å². The van der Waals surface area contributed by atoms with E-state index < -0.39 is 23.5 Å². The molecule has 3 atom stereocenters. The Morgan fingerprint density at radius 1 is 1.05 bits per heavy atom. The van der Waals surface area contributed by atoms with E-state index in [2.05, 4.69) is 5.32 Å². The van der Waals surface area contributed by atoms with E-state index >= 15 is 0 Å². The van der Waals surface area contributed by atoms with E-state index in [0.717, 1.165) is 48.1 Å². The summed E-state index contributed by atoms with van der Waals surface area (Å²) in [7, 11) is 1.62. The highest BCUT2D eigenvalue weighted by Gasteiger charge is 2.46. The van der Waals surface area contributed by atoms with Crippen LogP contribution in [0.2, 0.25) is 0 Å². The van der Waals surface area contributed by atoms with Crippen molar-refractivity contribution in [3.63, 3.8) is 0 Å². The van der Waals surface area contributed by atoms with Crippen molar-refractivity contribution in [2.45, 2.75) is 65.5 Å². The lowest BCUT2D eigenvalue weighted by atomic mass is 9.77. The number of fused-ring (bicyclic) bond motifs is 1. The van der Waals surface area contributed by atoms with Crippen LogP contribution in [0, 0.1) is 11.3 Å². The van der Waals surface area contributed by atoms with Gasteiger partial charge in [-0.2, -0.15) is 0 Å². The van der Waals surface area contributed by atoms with Crippen LogP contribution in [0.15, 0.2) is 54.6 Å². The molecule has 2 saturated heterocycles. The molecule has 2 aliphatic rings. The van der Waals surface area contributed by atoms with Gasteiger partial charge in [0.2, 0.25) is 17.7 Å². The highest BCUT2D eigenvalue weighted by Crippen LogP contribution is 2.37. The van der Waals surface area contributed by atoms with Crippen LogP contribution in [-0.4, -0.2) is 77.9 Å². The number of nitrogens with one attached hydrogen (secondary N) is 1. The topological polar surface area (TPSA) is 101 Å². The summed E-state index contributed by atoms with van der Waals surface area (Å²) in [5, 5.41) is 3.72. The lowest BCUT2D eigenvalue weighted by Gasteiger charge is -2.35. The average Bonchev–Trinajstić information content (AvgIpc) is 3.70. The molecule has 3 aromatic rings. The highest BCUT2D eigenvalue weighted by atomic mass is 16.5. The number of pyridine rings is 1. The second-order valence-corrected chi connectivity index (χ2v) is 12.8. The number of hydrogen-bond acceptors (Lipinski definition) is 6. The molecule has 0 unspecified atom stereocenters. The van der Waals surface area contributed by atoms with Crippen molar-refractivity contribution < 1.29 is 23.9 Å². The second kappa shape index (κ2) is 13.2. The Morgan fingerprint density at radius 3 is 2.43 bits per heavy atom. The molecule has 5 rings (SSSR count). The maximum atomic E-state index is 14.3. The standard InChI is InChI=1S/C35H44N4O5/c1-6-36-33(41)30-19-25(22-39(30)34(42)27(35(2,3)4)20-32(40)38-16-10-11-17-38)44-31-21-28(23-12-8-7-9-13-23)37-29-18-24(43-5)14-15-26(29)31/h7-9,12-15,18,21,25,27,30H,6,10-11,16-17,19-20,22H2,1-5H3,(H,36,41)/t25-,27-,30+/m1/s1. The quantitative estimate of drug-likeness (QED) is 0.368. The number of likely N-dealkylation sites (tertiary alicyclic amines) is 2. The largest absolute Gasteiger partial charge is 0.497 e. The number of carbonyl (C=O) groups is 3. The SMILES string of the molecule is CCNC(=O)[C@@H]1C[C@@H](Oc2cc(-c3ccccc3)nc3cc(OC)ccc23)CN1C(=O)[C@@H](CC(=O)N1CCCC1)C(C)(C)C. The van der Waals surface area contributed by atoms with Gasteiger partial charge in [0.05, 0.1) is 30.8 Å². The number of methoxy groups -OCH3 is 1. The van der Waals surface area contributed by atoms with Crippen LogP contribution in [0.3, 0.4) is 0 Å². The van der Waals surface area contributed by atoms with Crippen molar-refractivity contribution >= 4 is 28.6 Å². The predicted molar refractivity (Wildman–Crippen MR) is 170 cm³/mol. The fourth-order valence-electron chi connectivity index (χ4n) is 6.24. The third-order valence-electron chi connectivity index (χ3n) is 8.72. The number of carbonyl (C=O) groups excluding carboxylic acids is 3. The summed E-state index contributed by atoms with van der Waals surface area (Å²) in [4.78, 5) is 49.2. The third-order valence-corrected chi connectivity index (χ3v) is 8.72. The molecule has 9 nitrogen and oxygen atoms in total. The summed E-state index contributed by atoms with van der Waals surface area (Å²) in [6.07, 6.45) is 2.02. The number of aromatic nitrogens is 1. The van der Waals surface area contributed by atoms with Gasteiger partial charge in [-0.3, -0.25) is 14.4 Å². The molecule has 44 heavy (non-hydrogen) atoms. The first kappa shape index (κ1) is 31.3. The zero-order chi connectivity index (χ0) is 31.4. The molecule has 2 aromatic carbocycles. The number of amides is 3. The first-order valence-corrected chi connectivity index (χ1v) is 15.7. The summed E-state index contributed by atoms with van der Waals surface area (Å²) in [6, 6.07) is 16.8. The van der Waals surface area contributed by atoms with Crippen LogP contribution < -0.4 is 14.8 Å². The minimum Gasteiger partial charge on any atom is -0.497 e. The van der Waals surface area contributed by atoms with E-state index in [1.54, 1.807) is 12.0 Å². The second-order valence-electron chi connectivity index (χ2n) is 12.8. The van der Waals surface area contributed by atoms with E-state index in [4.69, 9.17) is 14.5 Å². The van der Waals surface area contributed by atoms with Gasteiger partial charge in [-0.05, 0) is 37.3 Å². The van der Waals surface area contributed by atoms with Gasteiger partial charge in [0, 0.05) is 55.6 Å². The Kier molecular flexibility index (Phi) is 9.42. The van der Waals surface area contributed by atoms with E-state index in [1.807, 2.05) is 87.2 Å². The third kappa shape index (κ3) is 6.82. The lowest BCUT2D eigenvalue weighted by molar-refractivity contribution is -0.148. The lowest BCUT2D eigenvalue weighted by Crippen LogP contribution is -2.50. The maximum Gasteiger partial charge on any atom is 0.242 e.